The number of nitrogens with zero attached hydrogens (tertiary/aromatic N) is 3. The Labute approximate surface area is 298 Å². The first kappa shape index (κ1) is 37.1. The maximum absolute atomic E-state index is 13.0. The second-order valence-corrected chi connectivity index (χ2v) is 12.7. The number of carboxylic acid groups (broad SMARTS) is 1. The minimum Gasteiger partial charge on any atom is -0.477 e. The average molecular weight is 733 g/mol. The second kappa shape index (κ2) is 15.4. The summed E-state index contributed by atoms with van der Waals surface area (Å²) in [6.07, 6.45) is -0.383. The number of alkyl carbamates (subject to hydrolysis) is 1. The van der Waals surface area contributed by atoms with Gasteiger partial charge in [-0.1, -0.05) is 30.3 Å². The van der Waals surface area contributed by atoms with Gasteiger partial charge in [-0.25, -0.2) is 19.5 Å². The average Bonchev–Trinajstić information content (AvgIpc) is 3.12. The summed E-state index contributed by atoms with van der Waals surface area (Å²) in [5.41, 5.74) is 11.0. The molecule has 0 saturated carbocycles. The second-order valence-electron chi connectivity index (χ2n) is 11.6. The highest BCUT2D eigenvalue weighted by Crippen LogP contribution is 2.40. The molecule has 0 bridgehead atoms. The first-order valence-corrected chi connectivity index (χ1v) is 16.5. The number of anilines is 1. The van der Waals surface area contributed by atoms with Crippen LogP contribution in [0.2, 0.25) is 0 Å². The summed E-state index contributed by atoms with van der Waals surface area (Å²) < 4.78 is 5.06. The molecular formula is C33H32N8O10S. The first-order valence-electron chi connectivity index (χ1n) is 15.5. The number of aromatic amines is 1. The van der Waals surface area contributed by atoms with Gasteiger partial charge in [-0.2, -0.15) is 0 Å². The summed E-state index contributed by atoms with van der Waals surface area (Å²) in [6, 6.07) is 11.3. The van der Waals surface area contributed by atoms with Crippen molar-refractivity contribution in [1.29, 1.82) is 0 Å². The van der Waals surface area contributed by atoms with E-state index in [1.54, 1.807) is 30.3 Å². The van der Waals surface area contributed by atoms with E-state index in [9.17, 15) is 43.5 Å². The Morgan fingerprint density at radius 1 is 1.08 bits per heavy atom. The number of thioether (sulfide) groups is 1. The van der Waals surface area contributed by atoms with E-state index in [1.165, 1.54) is 38.1 Å². The largest absolute Gasteiger partial charge is 0.477 e. The van der Waals surface area contributed by atoms with Crippen molar-refractivity contribution >= 4 is 59.0 Å². The van der Waals surface area contributed by atoms with Gasteiger partial charge in [0.25, 0.3) is 17.4 Å². The van der Waals surface area contributed by atoms with Crippen LogP contribution in [0.1, 0.15) is 35.8 Å². The number of aromatic nitrogens is 2. The molecule has 52 heavy (non-hydrogen) atoms. The maximum atomic E-state index is 13.0. The summed E-state index contributed by atoms with van der Waals surface area (Å²) >= 11 is 1.13. The van der Waals surface area contributed by atoms with Crippen molar-refractivity contribution in [2.24, 2.45) is 11.5 Å². The van der Waals surface area contributed by atoms with Gasteiger partial charge >= 0.3 is 12.1 Å². The number of β-lactam (4-membered cyclic amide) rings is 1. The molecule has 2 aliphatic rings. The Kier molecular flexibility index (Phi) is 11.0. The van der Waals surface area contributed by atoms with Crippen LogP contribution in [0, 0.1) is 0 Å². The fourth-order valence-electron chi connectivity index (χ4n) is 5.34. The van der Waals surface area contributed by atoms with Gasteiger partial charge in [0.05, 0.1) is 11.7 Å². The normalized spacial score (nSPS) is 17.5. The molecule has 2 aromatic carbocycles. The van der Waals surface area contributed by atoms with Crippen molar-refractivity contribution in [1.82, 2.24) is 25.5 Å². The summed E-state index contributed by atoms with van der Waals surface area (Å²) in [5, 5.41) is 13.6. The summed E-state index contributed by atoms with van der Waals surface area (Å²) in [6.45, 7) is 2.04. The van der Waals surface area contributed by atoms with Gasteiger partial charge in [-0.15, -0.1) is 11.8 Å². The smallest absolute Gasteiger partial charge is 0.414 e. The van der Waals surface area contributed by atoms with Crippen LogP contribution >= 0.6 is 11.8 Å². The number of hydrogen-bond donors (Lipinski definition) is 6. The lowest BCUT2D eigenvalue weighted by Crippen LogP contribution is -2.71. The standard InChI is InChI=1S/C33H32N8O10S/c1-15(34)29(46)40(16(2)42)20-10-8-18(9-11-20)25-36-12-21(26(43)38-25)27(44)39-33(50)51-13-19-14-52-31-23(30(47)41(31)24(19)32(48)49)37-28(45)22(35)17-6-4-3-5-7-17/h3-12,15,22-23,31H,13-14,34-35H2,1-2H3,(H,37,45)(H,48,49)(H,36,38,43)(H,39,44,50)/t15-,22?,23?,31+/m1/s1. The Morgan fingerprint density at radius 2 is 1.75 bits per heavy atom. The van der Waals surface area contributed by atoms with Crippen molar-refractivity contribution < 1.29 is 43.4 Å². The topological polar surface area (TPSA) is 277 Å². The molecule has 0 radical (unpaired) electrons. The lowest BCUT2D eigenvalue weighted by atomic mass is 10.0. The van der Waals surface area contributed by atoms with Crippen LogP contribution < -0.4 is 32.6 Å². The van der Waals surface area contributed by atoms with E-state index in [4.69, 9.17) is 16.2 Å². The van der Waals surface area contributed by atoms with Gasteiger partial charge < -0.3 is 31.6 Å². The fourth-order valence-corrected chi connectivity index (χ4v) is 6.66. The number of ether oxygens (including phenoxy) is 1. The molecule has 1 fully saturated rings. The number of nitrogens with two attached hydrogens (primary N) is 2. The summed E-state index contributed by atoms with van der Waals surface area (Å²) in [7, 11) is 0. The number of H-pyrrole nitrogens is 1. The summed E-state index contributed by atoms with van der Waals surface area (Å²) in [5.74, 6) is -5.06. The molecule has 18 nitrogen and oxygen atoms in total. The number of aliphatic carboxylic acids is 1. The van der Waals surface area contributed by atoms with E-state index in [0.29, 0.717) is 11.1 Å². The number of benzene rings is 2. The zero-order chi connectivity index (χ0) is 37.9. The van der Waals surface area contributed by atoms with Crippen LogP contribution in [0.3, 0.4) is 0 Å². The molecule has 8 N–H and O–H groups in total. The molecule has 5 rings (SSSR count). The number of carbonyl (C=O) groups is 7. The van der Waals surface area contributed by atoms with Crippen molar-refractivity contribution in [3.05, 3.63) is 93.5 Å². The monoisotopic (exact) mass is 732 g/mol. The third-order valence-electron chi connectivity index (χ3n) is 7.95. The quantitative estimate of drug-likeness (QED) is 0.149. The van der Waals surface area contributed by atoms with E-state index in [2.05, 4.69) is 15.3 Å². The van der Waals surface area contributed by atoms with E-state index in [-0.39, 0.29) is 22.8 Å². The van der Waals surface area contributed by atoms with E-state index >= 15 is 0 Å². The van der Waals surface area contributed by atoms with Gasteiger partial charge in [0, 0.05) is 30.0 Å². The molecule has 2 aliphatic heterocycles. The zero-order valence-corrected chi connectivity index (χ0v) is 28.3. The van der Waals surface area contributed by atoms with E-state index < -0.39 is 88.5 Å². The maximum Gasteiger partial charge on any atom is 0.414 e. The molecule has 19 heteroatoms. The van der Waals surface area contributed by atoms with E-state index in [0.717, 1.165) is 27.8 Å². The molecule has 3 heterocycles. The molecule has 1 saturated heterocycles. The Balaban J connectivity index is 1.19. The van der Waals surface area contributed by atoms with Crippen molar-refractivity contribution in [2.45, 2.75) is 37.3 Å². The SMILES string of the molecule is CC(=O)N(C(=O)[C@@H](C)N)c1ccc(-c2ncc(C(=O)NC(=O)OCC3=C(C(=O)O)N4C(=O)C(NC(=O)C(N)c5ccccc5)[C@@H]4SC3)c(=O)[nH]2)cc1. The van der Waals surface area contributed by atoms with Gasteiger partial charge in [-0.3, -0.25) is 39.0 Å². The minimum atomic E-state index is -1.47. The van der Waals surface area contributed by atoms with Crippen LogP contribution in [0.5, 0.6) is 0 Å². The number of carboxylic acids is 1. The van der Waals surface area contributed by atoms with Crippen molar-refractivity contribution in [3.8, 4) is 11.4 Å². The molecule has 4 atom stereocenters. The molecule has 0 aliphatic carbocycles. The van der Waals surface area contributed by atoms with Crippen molar-refractivity contribution in [3.63, 3.8) is 0 Å². The highest BCUT2D eigenvalue weighted by molar-refractivity contribution is 8.00. The molecule has 1 aromatic heterocycles. The first-order chi connectivity index (χ1) is 24.7. The highest BCUT2D eigenvalue weighted by Gasteiger charge is 2.54. The van der Waals surface area contributed by atoms with Crippen LogP contribution in [0.15, 0.2) is 76.9 Å². The predicted octanol–water partition coefficient (Wildman–Crippen LogP) is -0.0314. The third kappa shape index (κ3) is 7.60. The van der Waals surface area contributed by atoms with Crippen molar-refractivity contribution in [2.75, 3.05) is 17.3 Å². The molecule has 3 aromatic rings. The van der Waals surface area contributed by atoms with Crippen LogP contribution in [-0.4, -0.2) is 91.4 Å². The number of amides is 6. The predicted molar refractivity (Wildman–Crippen MR) is 184 cm³/mol. The zero-order valence-electron chi connectivity index (χ0n) is 27.5. The number of hydrogen-bond acceptors (Lipinski definition) is 13. The third-order valence-corrected chi connectivity index (χ3v) is 9.29. The number of nitrogens with one attached hydrogen (secondary N) is 3. The molecule has 0 spiro atoms. The van der Waals surface area contributed by atoms with Crippen LogP contribution in [-0.2, 0) is 28.7 Å². The highest BCUT2D eigenvalue weighted by atomic mass is 32.2. The molecule has 270 valence electrons. The molecule has 6 amide bonds. The van der Waals surface area contributed by atoms with E-state index in [1.807, 2.05) is 5.32 Å². The number of imide groups is 2. The van der Waals surface area contributed by atoms with Crippen LogP contribution in [0.25, 0.3) is 11.4 Å². The lowest BCUT2D eigenvalue weighted by Gasteiger charge is -2.49. The van der Waals surface area contributed by atoms with Gasteiger partial charge in [0.15, 0.2) is 0 Å². The Hall–Kier alpha value is -6.18. The Morgan fingerprint density at radius 3 is 2.35 bits per heavy atom. The lowest BCUT2D eigenvalue weighted by molar-refractivity contribution is -0.151. The van der Waals surface area contributed by atoms with Gasteiger partial charge in [0.2, 0.25) is 17.7 Å². The number of rotatable bonds is 10. The minimum absolute atomic E-state index is 0.00960. The Bertz CT molecular complexity index is 2050. The fraction of sp³-hybridized carbons (Fsp3) is 0.242. The van der Waals surface area contributed by atoms with Gasteiger partial charge in [-0.05, 0) is 36.8 Å². The summed E-state index contributed by atoms with van der Waals surface area (Å²) in [4.78, 5) is 109. The molecule has 2 unspecified atom stereocenters. The van der Waals surface area contributed by atoms with Gasteiger partial charge in [0.1, 0.15) is 41.1 Å². The number of fused-ring (bicyclic) bond motifs is 1. The molecular weight excluding hydrogens is 700 g/mol. The van der Waals surface area contributed by atoms with Crippen LogP contribution in [0.4, 0.5) is 10.5 Å². The number of carbonyl (C=O) groups excluding carboxylic acids is 6.